The summed E-state index contributed by atoms with van der Waals surface area (Å²) in [5.41, 5.74) is 4.78. The fourth-order valence-corrected chi connectivity index (χ4v) is 8.27. The van der Waals surface area contributed by atoms with Gasteiger partial charge < -0.3 is 24.6 Å². The van der Waals surface area contributed by atoms with E-state index >= 15 is 0 Å². The fraction of sp³-hybridized carbons (Fsp3) is 0.390. The smallest absolute Gasteiger partial charge is 0.242 e. The Hall–Kier alpha value is -3.94. The van der Waals surface area contributed by atoms with E-state index in [-0.39, 0.29) is 36.0 Å². The quantitative estimate of drug-likeness (QED) is 0.146. The minimum absolute atomic E-state index is 0.0169. The van der Waals surface area contributed by atoms with Gasteiger partial charge in [-0.05, 0) is 73.7 Å². The molecule has 4 aromatic rings. The molecule has 4 aromatic carbocycles. The Bertz CT molecular complexity index is 1870. The molecule has 0 aromatic heterocycles. The molecular formula is C41H49N3O7S. The van der Waals surface area contributed by atoms with Crippen LogP contribution in [0.4, 0.5) is 5.69 Å². The molecule has 2 saturated heterocycles. The summed E-state index contributed by atoms with van der Waals surface area (Å²) >= 11 is 0. The van der Waals surface area contributed by atoms with Crippen molar-refractivity contribution in [2.75, 3.05) is 32.1 Å². The summed E-state index contributed by atoms with van der Waals surface area (Å²) in [6.07, 6.45) is 1.16. The van der Waals surface area contributed by atoms with E-state index in [0.29, 0.717) is 18.3 Å². The molecule has 2 fully saturated rings. The second kappa shape index (κ2) is 17.3. The van der Waals surface area contributed by atoms with Gasteiger partial charge in [-0.2, -0.15) is 4.72 Å². The molecule has 0 spiro atoms. The lowest BCUT2D eigenvalue weighted by molar-refractivity contribution is -0.276. The van der Waals surface area contributed by atoms with Gasteiger partial charge in [0.15, 0.2) is 6.29 Å². The first-order valence-corrected chi connectivity index (χ1v) is 19.4. The van der Waals surface area contributed by atoms with E-state index in [1.165, 1.54) is 12.1 Å². The lowest BCUT2D eigenvalue weighted by atomic mass is 9.90. The van der Waals surface area contributed by atoms with E-state index in [9.17, 15) is 18.3 Å². The Morgan fingerprint density at radius 2 is 1.69 bits per heavy atom. The molecule has 0 radical (unpaired) electrons. The summed E-state index contributed by atoms with van der Waals surface area (Å²) in [4.78, 5) is 16.4. The van der Waals surface area contributed by atoms with Crippen LogP contribution in [0.25, 0.3) is 0 Å². The number of benzene rings is 4. The summed E-state index contributed by atoms with van der Waals surface area (Å²) in [6.45, 7) is 6.36. The minimum atomic E-state index is -4.00. The van der Waals surface area contributed by atoms with Gasteiger partial charge in [0.25, 0.3) is 0 Å². The predicted molar refractivity (Wildman–Crippen MR) is 200 cm³/mol. The van der Waals surface area contributed by atoms with Crippen LogP contribution < -0.4 is 10.0 Å². The number of sulfonamides is 1. The van der Waals surface area contributed by atoms with Gasteiger partial charge in [-0.3, -0.25) is 9.69 Å². The molecule has 0 aliphatic carbocycles. The van der Waals surface area contributed by atoms with E-state index < -0.39 is 28.3 Å². The van der Waals surface area contributed by atoms with E-state index in [1.807, 2.05) is 79.7 Å². The van der Waals surface area contributed by atoms with Crippen LogP contribution >= 0.6 is 0 Å². The van der Waals surface area contributed by atoms with Gasteiger partial charge in [-0.15, -0.1) is 0 Å². The molecule has 276 valence electrons. The highest BCUT2D eigenvalue weighted by Crippen LogP contribution is 2.42. The van der Waals surface area contributed by atoms with E-state index in [4.69, 9.17) is 14.2 Å². The number of rotatable bonds is 14. The van der Waals surface area contributed by atoms with Crippen molar-refractivity contribution in [3.05, 3.63) is 131 Å². The number of hydrogen-bond acceptors (Lipinski definition) is 8. The topological polar surface area (TPSA) is 126 Å². The maximum Gasteiger partial charge on any atom is 0.242 e. The van der Waals surface area contributed by atoms with Crippen LogP contribution in [-0.4, -0.2) is 69.3 Å². The molecule has 6 rings (SSSR count). The van der Waals surface area contributed by atoms with Gasteiger partial charge in [0.1, 0.15) is 6.04 Å². The van der Waals surface area contributed by atoms with Gasteiger partial charge in [-0.1, -0.05) is 91.3 Å². The van der Waals surface area contributed by atoms with Gasteiger partial charge >= 0.3 is 0 Å². The molecule has 1 amide bonds. The number of aryl methyl sites for hydroxylation is 1. The fourth-order valence-electron chi connectivity index (χ4n) is 7.08. The largest absolute Gasteiger partial charge is 0.392 e. The zero-order valence-corrected chi connectivity index (χ0v) is 30.8. The van der Waals surface area contributed by atoms with E-state index in [1.54, 1.807) is 25.3 Å². The summed E-state index contributed by atoms with van der Waals surface area (Å²) in [6, 6.07) is 30.2. The highest BCUT2D eigenvalue weighted by molar-refractivity contribution is 7.89. The Labute approximate surface area is 307 Å². The van der Waals surface area contributed by atoms with Crippen molar-refractivity contribution in [2.45, 2.75) is 75.2 Å². The predicted octanol–water partition coefficient (Wildman–Crippen LogP) is 5.92. The van der Waals surface area contributed by atoms with Crippen molar-refractivity contribution in [1.29, 1.82) is 0 Å². The number of carbonyl (C=O) groups excluding carboxylic acids is 1. The van der Waals surface area contributed by atoms with Crippen LogP contribution in [0, 0.1) is 12.8 Å². The normalized spacial score (nSPS) is 23.0. The molecule has 0 unspecified atom stereocenters. The molecule has 2 aliphatic heterocycles. The summed E-state index contributed by atoms with van der Waals surface area (Å²) < 4.78 is 48.5. The number of nitrogens with zero attached hydrogens (tertiary/aromatic N) is 1. The number of ether oxygens (including phenoxy) is 3. The van der Waals surface area contributed by atoms with Gasteiger partial charge in [-0.25, -0.2) is 8.42 Å². The molecule has 3 N–H and O–H groups in total. The van der Waals surface area contributed by atoms with Crippen molar-refractivity contribution in [3.63, 3.8) is 0 Å². The number of nitrogens with one attached hydrogen (secondary N) is 2. The molecule has 6 atom stereocenters. The molecule has 2 heterocycles. The van der Waals surface area contributed by atoms with Crippen molar-refractivity contribution >= 4 is 21.6 Å². The number of methoxy groups -OCH3 is 1. The van der Waals surface area contributed by atoms with Gasteiger partial charge in [0.2, 0.25) is 15.9 Å². The third-order valence-electron chi connectivity index (χ3n) is 10.1. The molecular weight excluding hydrogens is 679 g/mol. The van der Waals surface area contributed by atoms with Crippen molar-refractivity contribution < 1.29 is 32.5 Å². The van der Waals surface area contributed by atoms with Crippen LogP contribution in [-0.2, 0) is 42.1 Å². The Morgan fingerprint density at radius 1 is 0.942 bits per heavy atom. The molecule has 11 heteroatoms. The first kappa shape index (κ1) is 37.8. The third-order valence-corrected chi connectivity index (χ3v) is 11.5. The summed E-state index contributed by atoms with van der Waals surface area (Å²) in [5.74, 6) is -0.475. The molecule has 0 bridgehead atoms. The number of amides is 1. The zero-order valence-electron chi connectivity index (χ0n) is 30.0. The lowest BCUT2D eigenvalue weighted by Gasteiger charge is -2.43. The van der Waals surface area contributed by atoms with Gasteiger partial charge in [0.05, 0.1) is 30.3 Å². The SMILES string of the molecule is COC[C@@H]1CCCN1C[C@@H]1O[C@H](c2cccc(NC(=O)[C@@H](Cc3ccccc3)NS(=O)(=O)c3ccc(C)cc3)c2)O[C@H](c2ccc(CO)cc2)[C@@H]1C. The minimum Gasteiger partial charge on any atom is -0.392 e. The lowest BCUT2D eigenvalue weighted by Crippen LogP contribution is -2.46. The summed E-state index contributed by atoms with van der Waals surface area (Å²) in [7, 11) is -2.26. The standard InChI is InChI=1S/C41H49N3O7S/c1-28-14-20-36(21-15-28)52(47,48)43-37(23-30-9-5-4-6-10-30)40(46)42-34-12-7-11-33(24-34)41-50-38(25-44-22-8-13-35(44)27-49-3)29(2)39(51-41)32-18-16-31(26-45)17-19-32/h4-7,9-12,14-21,24,29,35,37-39,41,43,45H,8,13,22-23,25-27H2,1-3H3,(H,42,46)/t29-,35+,37-,38+,39+,41+/m1/s1. The van der Waals surface area contributed by atoms with Crippen LogP contribution in [0.5, 0.6) is 0 Å². The average Bonchev–Trinajstić information content (AvgIpc) is 3.59. The Kier molecular flexibility index (Phi) is 12.5. The molecule has 0 saturated carbocycles. The van der Waals surface area contributed by atoms with Gasteiger partial charge in [0, 0.05) is 36.9 Å². The molecule has 52 heavy (non-hydrogen) atoms. The highest BCUT2D eigenvalue weighted by Gasteiger charge is 2.40. The molecule has 10 nitrogen and oxygen atoms in total. The maximum atomic E-state index is 13.9. The number of likely N-dealkylation sites (tertiary alicyclic amines) is 1. The average molecular weight is 728 g/mol. The van der Waals surface area contributed by atoms with E-state index in [0.717, 1.165) is 53.7 Å². The number of aliphatic hydroxyl groups excluding tert-OH is 1. The number of carbonyl (C=O) groups is 1. The number of anilines is 1. The second-order valence-electron chi connectivity index (χ2n) is 13.9. The van der Waals surface area contributed by atoms with Crippen LogP contribution in [0.2, 0.25) is 0 Å². The van der Waals surface area contributed by atoms with Crippen LogP contribution in [0.3, 0.4) is 0 Å². The Morgan fingerprint density at radius 3 is 2.40 bits per heavy atom. The number of aliphatic hydroxyl groups is 1. The van der Waals surface area contributed by atoms with Crippen LogP contribution in [0.15, 0.2) is 108 Å². The first-order valence-electron chi connectivity index (χ1n) is 17.9. The van der Waals surface area contributed by atoms with Crippen LogP contribution in [0.1, 0.15) is 60.0 Å². The highest BCUT2D eigenvalue weighted by atomic mass is 32.2. The second-order valence-corrected chi connectivity index (χ2v) is 15.6. The number of hydrogen-bond donors (Lipinski definition) is 3. The van der Waals surface area contributed by atoms with Crippen molar-refractivity contribution in [1.82, 2.24) is 9.62 Å². The van der Waals surface area contributed by atoms with Crippen molar-refractivity contribution in [3.8, 4) is 0 Å². The first-order chi connectivity index (χ1) is 25.1. The molecule has 2 aliphatic rings. The van der Waals surface area contributed by atoms with Crippen molar-refractivity contribution in [2.24, 2.45) is 5.92 Å². The maximum absolute atomic E-state index is 13.9. The zero-order chi connectivity index (χ0) is 36.7. The summed E-state index contributed by atoms with van der Waals surface area (Å²) in [5, 5.41) is 12.6. The Balaban J connectivity index is 1.24. The third kappa shape index (κ3) is 9.34. The van der Waals surface area contributed by atoms with E-state index in [2.05, 4.69) is 21.9 Å². The monoisotopic (exact) mass is 727 g/mol.